The molecule has 6 aliphatic rings. The number of ether oxygens (including phenoxy) is 1. The number of aliphatic imine (C=N–C) groups is 1. The van der Waals surface area contributed by atoms with E-state index in [1.54, 1.807) is 36.4 Å². The number of halogens is 1. The molecule has 1 fully saturated rings. The van der Waals surface area contributed by atoms with E-state index in [9.17, 15) is 9.59 Å². The van der Waals surface area contributed by atoms with Crippen LogP contribution in [0.3, 0.4) is 0 Å². The monoisotopic (exact) mass is 532 g/mol. The fourth-order valence-electron chi connectivity index (χ4n) is 6.77. The van der Waals surface area contributed by atoms with Crippen LogP contribution in [0.4, 0.5) is 11.4 Å². The predicted molar refractivity (Wildman–Crippen MR) is 152 cm³/mol. The van der Waals surface area contributed by atoms with Crippen molar-refractivity contribution in [1.82, 2.24) is 0 Å². The molecule has 1 saturated heterocycles. The van der Waals surface area contributed by atoms with Gasteiger partial charge in [-0.3, -0.25) is 14.6 Å². The van der Waals surface area contributed by atoms with Gasteiger partial charge in [-0.25, -0.2) is 4.90 Å². The van der Waals surface area contributed by atoms with E-state index in [-0.39, 0.29) is 17.7 Å². The molecule has 1 heterocycles. The molecule has 5 nitrogen and oxygen atoms in total. The van der Waals surface area contributed by atoms with Crippen molar-refractivity contribution in [3.05, 3.63) is 124 Å². The van der Waals surface area contributed by atoms with Crippen molar-refractivity contribution in [3.63, 3.8) is 0 Å². The van der Waals surface area contributed by atoms with Crippen LogP contribution >= 0.6 is 11.6 Å². The van der Waals surface area contributed by atoms with Crippen molar-refractivity contribution in [1.29, 1.82) is 0 Å². The van der Waals surface area contributed by atoms with Gasteiger partial charge in [0.15, 0.2) is 0 Å². The lowest BCUT2D eigenvalue weighted by atomic mass is 9.52. The highest BCUT2D eigenvalue weighted by atomic mass is 35.5. The highest BCUT2D eigenvalue weighted by molar-refractivity contribution is 6.30. The van der Waals surface area contributed by atoms with Gasteiger partial charge in [0.05, 0.1) is 35.2 Å². The van der Waals surface area contributed by atoms with Crippen LogP contribution < -0.4 is 9.64 Å². The van der Waals surface area contributed by atoms with Crippen molar-refractivity contribution in [2.75, 3.05) is 11.5 Å². The van der Waals surface area contributed by atoms with Crippen LogP contribution in [0.25, 0.3) is 0 Å². The summed E-state index contributed by atoms with van der Waals surface area (Å²) < 4.78 is 5.59. The molecule has 4 aromatic carbocycles. The van der Waals surface area contributed by atoms with Crippen LogP contribution in [-0.4, -0.2) is 24.6 Å². The molecule has 1 aliphatic heterocycles. The molecule has 0 radical (unpaired) electrons. The second-order valence-electron chi connectivity index (χ2n) is 10.2. The average molecular weight is 533 g/mol. The number of hydrogen-bond acceptors (Lipinski definition) is 4. The lowest BCUT2D eigenvalue weighted by molar-refractivity contribution is -0.122. The van der Waals surface area contributed by atoms with E-state index in [0.717, 1.165) is 22.3 Å². The van der Waals surface area contributed by atoms with Gasteiger partial charge in [0.2, 0.25) is 11.8 Å². The second kappa shape index (κ2) is 8.92. The SMILES string of the molecule is CCOc1ccc(N2C(=O)[C@@H]3[C@H]4c5ccc(cc5)[C@@](C=Nc5cccc(Cl)c5)(c5ccccc54)[C@@H]3C2=O)cc1. The van der Waals surface area contributed by atoms with Crippen LogP contribution in [-0.2, 0) is 15.0 Å². The van der Waals surface area contributed by atoms with Gasteiger partial charge < -0.3 is 4.74 Å². The number of benzene rings is 4. The van der Waals surface area contributed by atoms with Crippen molar-refractivity contribution in [3.8, 4) is 5.75 Å². The Morgan fingerprint density at radius 1 is 0.923 bits per heavy atom. The van der Waals surface area contributed by atoms with Gasteiger partial charge in [-0.1, -0.05) is 66.2 Å². The van der Waals surface area contributed by atoms with E-state index in [0.29, 0.717) is 28.8 Å². The molecule has 6 heteroatoms. The first-order valence-electron chi connectivity index (χ1n) is 13.1. The van der Waals surface area contributed by atoms with Gasteiger partial charge in [0, 0.05) is 17.2 Å². The molecule has 2 amide bonds. The third-order valence-corrected chi connectivity index (χ3v) is 8.56. The third kappa shape index (κ3) is 3.43. The first-order valence-corrected chi connectivity index (χ1v) is 13.5. The summed E-state index contributed by atoms with van der Waals surface area (Å²) in [4.78, 5) is 35.1. The Kier molecular flexibility index (Phi) is 5.46. The Bertz CT molecular complexity index is 1650. The van der Waals surface area contributed by atoms with Crippen LogP contribution in [0.2, 0.25) is 5.02 Å². The van der Waals surface area contributed by atoms with Gasteiger partial charge in [0.25, 0.3) is 0 Å². The van der Waals surface area contributed by atoms with E-state index in [1.807, 2.05) is 37.4 Å². The zero-order chi connectivity index (χ0) is 26.7. The Morgan fingerprint density at radius 2 is 1.69 bits per heavy atom. The highest BCUT2D eigenvalue weighted by Gasteiger charge is 2.65. The molecular formula is C33H25ClN2O3. The zero-order valence-corrected chi connectivity index (χ0v) is 22.0. The highest BCUT2D eigenvalue weighted by Crippen LogP contribution is 2.60. The van der Waals surface area contributed by atoms with Crippen molar-refractivity contribution < 1.29 is 14.3 Å². The van der Waals surface area contributed by atoms with Gasteiger partial charge in [-0.05, 0) is 71.6 Å². The maximum absolute atomic E-state index is 14.5. The third-order valence-electron chi connectivity index (χ3n) is 8.32. The zero-order valence-electron chi connectivity index (χ0n) is 21.3. The van der Waals surface area contributed by atoms with E-state index >= 15 is 0 Å². The van der Waals surface area contributed by atoms with Gasteiger partial charge in [-0.2, -0.15) is 0 Å². The Morgan fingerprint density at radius 3 is 2.44 bits per heavy atom. The molecule has 4 bridgehead atoms. The Balaban J connectivity index is 1.46. The first-order chi connectivity index (χ1) is 19.0. The van der Waals surface area contributed by atoms with Crippen LogP contribution in [0.5, 0.6) is 5.75 Å². The Labute approximate surface area is 231 Å². The maximum Gasteiger partial charge on any atom is 0.239 e. The van der Waals surface area contributed by atoms with Gasteiger partial charge in [-0.15, -0.1) is 0 Å². The number of imide groups is 1. The number of hydrogen-bond donors (Lipinski definition) is 0. The molecule has 0 N–H and O–H groups in total. The summed E-state index contributed by atoms with van der Waals surface area (Å²) in [6.07, 6.45) is 1.87. The summed E-state index contributed by atoms with van der Waals surface area (Å²) >= 11 is 6.26. The topological polar surface area (TPSA) is 59.0 Å². The molecule has 192 valence electrons. The van der Waals surface area contributed by atoms with Crippen LogP contribution in [0.1, 0.15) is 35.1 Å². The predicted octanol–water partition coefficient (Wildman–Crippen LogP) is 6.69. The summed E-state index contributed by atoms with van der Waals surface area (Å²) in [6, 6.07) is 31.0. The second-order valence-corrected chi connectivity index (χ2v) is 10.7. The molecular weight excluding hydrogens is 508 g/mol. The standard InChI is InChI=1S/C33H25ClN2O3/c1-2-39-25-16-14-24(15-17-25)36-31(37)29-28-20-10-12-21(13-11-20)33(30(29)32(36)38,27-9-4-3-8-26(27)28)19-35-23-7-5-6-22(34)18-23/h3-19,28-30H,2H2,1H3/t28-,29+,30-,33-/m0/s1. The number of carbonyl (C=O) groups is 2. The molecule has 0 unspecified atom stereocenters. The quantitative estimate of drug-likeness (QED) is 0.212. The molecule has 39 heavy (non-hydrogen) atoms. The van der Waals surface area contributed by atoms with Crippen LogP contribution in [0.15, 0.2) is 102 Å². The average Bonchev–Trinajstić information content (AvgIpc) is 3.20. The fourth-order valence-corrected chi connectivity index (χ4v) is 6.95. The minimum atomic E-state index is -0.939. The van der Waals surface area contributed by atoms with Gasteiger partial charge in [0.1, 0.15) is 5.75 Å². The molecule has 0 spiro atoms. The van der Waals surface area contributed by atoms with E-state index < -0.39 is 17.3 Å². The first kappa shape index (κ1) is 23.9. The summed E-state index contributed by atoms with van der Waals surface area (Å²) in [5.74, 6) is -1.16. The minimum Gasteiger partial charge on any atom is -0.494 e. The number of rotatable bonds is 5. The molecule has 10 rings (SSSR count). The number of nitrogens with zero attached hydrogens (tertiary/aromatic N) is 2. The number of amides is 2. The molecule has 4 aromatic rings. The smallest absolute Gasteiger partial charge is 0.239 e. The Hall–Kier alpha value is -4.22. The number of anilines is 1. The molecule has 4 atom stereocenters. The van der Waals surface area contributed by atoms with Crippen molar-refractivity contribution >= 4 is 41.0 Å². The molecule has 0 aromatic heterocycles. The van der Waals surface area contributed by atoms with Crippen LogP contribution in [0, 0.1) is 11.8 Å². The molecule has 0 saturated carbocycles. The summed E-state index contributed by atoms with van der Waals surface area (Å²) in [6.45, 7) is 2.46. The number of carbonyl (C=O) groups excluding carboxylic acids is 2. The fraction of sp³-hybridized carbons (Fsp3) is 0.182. The lowest BCUT2D eigenvalue weighted by Crippen LogP contribution is -2.51. The lowest BCUT2D eigenvalue weighted by Gasteiger charge is -2.48. The maximum atomic E-state index is 14.5. The summed E-state index contributed by atoms with van der Waals surface area (Å²) in [5.41, 5.74) is 4.35. The van der Waals surface area contributed by atoms with Crippen molar-refractivity contribution in [2.45, 2.75) is 18.3 Å². The van der Waals surface area contributed by atoms with E-state index in [1.165, 1.54) is 4.90 Å². The van der Waals surface area contributed by atoms with Crippen molar-refractivity contribution in [2.24, 2.45) is 16.8 Å². The molecule has 5 aliphatic carbocycles. The normalized spacial score (nSPS) is 24.6. The van der Waals surface area contributed by atoms with Gasteiger partial charge >= 0.3 is 0 Å². The van der Waals surface area contributed by atoms with E-state index in [2.05, 4.69) is 36.4 Å². The summed E-state index contributed by atoms with van der Waals surface area (Å²) in [7, 11) is 0. The largest absolute Gasteiger partial charge is 0.494 e. The minimum absolute atomic E-state index is 0.184. The van der Waals surface area contributed by atoms with E-state index in [4.69, 9.17) is 21.3 Å². The summed E-state index contributed by atoms with van der Waals surface area (Å²) in [5, 5.41) is 0.583.